The summed E-state index contributed by atoms with van der Waals surface area (Å²) >= 11 is 3.71. The summed E-state index contributed by atoms with van der Waals surface area (Å²) in [6.45, 7) is 1.94. The highest BCUT2D eigenvalue weighted by atomic mass is 32.2. The standard InChI is InChI=1S/C20H19N5O3S3/c1-12-5-4-6-13(9-12)22-18(28)14-7-2-3-8-15(14)23-17(27)11-30-20-25-24-19(31-20)29-10-16(21)26/h2-9H,10-11H2,1H3,(H2,21,26)(H,22,28)(H,23,27). The van der Waals surface area contributed by atoms with Crippen molar-refractivity contribution in [2.45, 2.75) is 15.6 Å². The van der Waals surface area contributed by atoms with Gasteiger partial charge in [0.15, 0.2) is 8.68 Å². The average molecular weight is 474 g/mol. The third kappa shape index (κ3) is 7.09. The lowest BCUT2D eigenvalue weighted by Gasteiger charge is -2.11. The molecule has 4 N–H and O–H groups in total. The van der Waals surface area contributed by atoms with Gasteiger partial charge in [-0.1, -0.05) is 59.1 Å². The van der Waals surface area contributed by atoms with E-state index in [1.54, 1.807) is 30.3 Å². The molecule has 0 saturated carbocycles. The maximum atomic E-state index is 12.7. The van der Waals surface area contributed by atoms with Crippen LogP contribution in [0.15, 0.2) is 57.2 Å². The summed E-state index contributed by atoms with van der Waals surface area (Å²) in [6.07, 6.45) is 0. The van der Waals surface area contributed by atoms with Gasteiger partial charge in [-0.25, -0.2) is 0 Å². The molecule has 1 heterocycles. The molecule has 0 aliphatic heterocycles. The zero-order valence-corrected chi connectivity index (χ0v) is 18.9. The van der Waals surface area contributed by atoms with Gasteiger partial charge < -0.3 is 16.4 Å². The number of amides is 3. The number of anilines is 2. The molecular formula is C20H19N5O3S3. The highest BCUT2D eigenvalue weighted by molar-refractivity contribution is 8.03. The Morgan fingerprint density at radius 3 is 2.39 bits per heavy atom. The quantitative estimate of drug-likeness (QED) is 0.406. The van der Waals surface area contributed by atoms with Gasteiger partial charge in [0.1, 0.15) is 0 Å². The van der Waals surface area contributed by atoms with Gasteiger partial charge in [-0.3, -0.25) is 14.4 Å². The van der Waals surface area contributed by atoms with Gasteiger partial charge in [-0.2, -0.15) is 0 Å². The molecule has 0 aliphatic carbocycles. The van der Waals surface area contributed by atoms with Crippen molar-refractivity contribution in [3.8, 4) is 0 Å². The monoisotopic (exact) mass is 473 g/mol. The van der Waals surface area contributed by atoms with Gasteiger partial charge in [0, 0.05) is 5.69 Å². The number of hydrogen-bond donors (Lipinski definition) is 3. The van der Waals surface area contributed by atoms with E-state index in [-0.39, 0.29) is 23.3 Å². The summed E-state index contributed by atoms with van der Waals surface area (Å²) in [5.41, 5.74) is 7.62. The fraction of sp³-hybridized carbons (Fsp3) is 0.150. The van der Waals surface area contributed by atoms with Gasteiger partial charge in [-0.15, -0.1) is 10.2 Å². The van der Waals surface area contributed by atoms with Gasteiger partial charge in [0.2, 0.25) is 11.8 Å². The number of aryl methyl sites for hydroxylation is 1. The van der Waals surface area contributed by atoms with Crippen molar-refractivity contribution in [3.63, 3.8) is 0 Å². The number of benzene rings is 2. The largest absolute Gasteiger partial charge is 0.369 e. The number of carbonyl (C=O) groups excluding carboxylic acids is 3. The second-order valence-electron chi connectivity index (χ2n) is 6.29. The van der Waals surface area contributed by atoms with Crippen LogP contribution in [0, 0.1) is 6.92 Å². The first kappa shape index (κ1) is 22.8. The normalized spacial score (nSPS) is 10.5. The molecule has 0 saturated heterocycles. The zero-order chi connectivity index (χ0) is 22.2. The van der Waals surface area contributed by atoms with Crippen LogP contribution in [0.3, 0.4) is 0 Å². The molecule has 0 fully saturated rings. The van der Waals surface area contributed by atoms with Crippen LogP contribution in [0.1, 0.15) is 15.9 Å². The third-order valence-electron chi connectivity index (χ3n) is 3.77. The Hall–Kier alpha value is -2.89. The Bertz CT molecular complexity index is 1100. The highest BCUT2D eigenvalue weighted by Crippen LogP contribution is 2.28. The summed E-state index contributed by atoms with van der Waals surface area (Å²) < 4.78 is 1.22. The number of nitrogens with zero attached hydrogens (tertiary/aromatic N) is 2. The third-order valence-corrected chi connectivity index (χ3v) is 6.99. The van der Waals surface area contributed by atoms with Crippen LogP contribution >= 0.6 is 34.9 Å². The molecule has 0 aliphatic rings. The Morgan fingerprint density at radius 1 is 0.968 bits per heavy atom. The lowest BCUT2D eigenvalue weighted by molar-refractivity contribution is -0.115. The van der Waals surface area contributed by atoms with Crippen molar-refractivity contribution in [1.29, 1.82) is 0 Å². The first-order valence-corrected chi connectivity index (χ1v) is 11.8. The SMILES string of the molecule is Cc1cccc(NC(=O)c2ccccc2NC(=O)CSc2nnc(SCC(N)=O)s2)c1. The zero-order valence-electron chi connectivity index (χ0n) is 16.5. The Kier molecular flexibility index (Phi) is 8.04. The van der Waals surface area contributed by atoms with Crippen molar-refractivity contribution in [1.82, 2.24) is 10.2 Å². The molecule has 11 heteroatoms. The molecule has 8 nitrogen and oxygen atoms in total. The van der Waals surface area contributed by atoms with Crippen LogP contribution in [0.25, 0.3) is 0 Å². The molecule has 0 unspecified atom stereocenters. The molecule has 160 valence electrons. The van der Waals surface area contributed by atoms with Crippen molar-refractivity contribution in [2.24, 2.45) is 5.73 Å². The van der Waals surface area contributed by atoms with Crippen molar-refractivity contribution < 1.29 is 14.4 Å². The Morgan fingerprint density at radius 2 is 1.68 bits per heavy atom. The minimum absolute atomic E-state index is 0.100. The lowest BCUT2D eigenvalue weighted by atomic mass is 10.1. The number of nitrogens with two attached hydrogens (primary N) is 1. The number of nitrogens with one attached hydrogen (secondary N) is 2. The van der Waals surface area contributed by atoms with E-state index in [4.69, 9.17) is 5.73 Å². The second-order valence-corrected chi connectivity index (χ2v) is 9.72. The summed E-state index contributed by atoms with van der Waals surface area (Å²) in [4.78, 5) is 35.9. The van der Waals surface area contributed by atoms with E-state index in [2.05, 4.69) is 20.8 Å². The maximum Gasteiger partial charge on any atom is 0.257 e. The predicted molar refractivity (Wildman–Crippen MR) is 125 cm³/mol. The number of para-hydroxylation sites is 1. The smallest absolute Gasteiger partial charge is 0.257 e. The van der Waals surface area contributed by atoms with E-state index in [0.717, 1.165) is 5.56 Å². The van der Waals surface area contributed by atoms with E-state index in [9.17, 15) is 14.4 Å². The number of primary amides is 1. The molecule has 31 heavy (non-hydrogen) atoms. The number of aromatic nitrogens is 2. The number of hydrogen-bond acceptors (Lipinski definition) is 8. The first-order chi connectivity index (χ1) is 14.9. The summed E-state index contributed by atoms with van der Waals surface area (Å²) in [5, 5.41) is 13.6. The van der Waals surface area contributed by atoms with E-state index >= 15 is 0 Å². The fourth-order valence-corrected chi connectivity index (χ4v) is 5.03. The molecule has 1 aromatic heterocycles. The van der Waals surface area contributed by atoms with Crippen LogP contribution in [0.5, 0.6) is 0 Å². The van der Waals surface area contributed by atoms with E-state index in [1.807, 2.05) is 25.1 Å². The highest BCUT2D eigenvalue weighted by Gasteiger charge is 2.15. The number of thioether (sulfide) groups is 2. The van der Waals surface area contributed by atoms with Crippen LogP contribution in [-0.4, -0.2) is 39.4 Å². The summed E-state index contributed by atoms with van der Waals surface area (Å²) in [7, 11) is 0. The van der Waals surface area contributed by atoms with Gasteiger partial charge in [0.25, 0.3) is 5.91 Å². The van der Waals surface area contributed by atoms with Gasteiger partial charge in [0.05, 0.1) is 22.8 Å². The second kappa shape index (κ2) is 10.9. The van der Waals surface area contributed by atoms with Gasteiger partial charge >= 0.3 is 0 Å². The molecule has 0 atom stereocenters. The maximum absolute atomic E-state index is 12.7. The Balaban J connectivity index is 1.58. The minimum Gasteiger partial charge on any atom is -0.369 e. The molecule has 3 rings (SSSR count). The molecule has 0 spiro atoms. The molecule has 3 amide bonds. The lowest BCUT2D eigenvalue weighted by Crippen LogP contribution is -2.19. The van der Waals surface area contributed by atoms with E-state index in [0.29, 0.717) is 25.6 Å². The fourth-order valence-electron chi connectivity index (χ4n) is 2.47. The molecule has 3 aromatic rings. The molecular weight excluding hydrogens is 454 g/mol. The van der Waals surface area contributed by atoms with E-state index < -0.39 is 5.91 Å². The molecule has 0 bridgehead atoms. The molecule has 0 radical (unpaired) electrons. The van der Waals surface area contributed by atoms with Crippen LogP contribution in [-0.2, 0) is 9.59 Å². The average Bonchev–Trinajstić information content (AvgIpc) is 3.19. The van der Waals surface area contributed by atoms with Crippen LogP contribution < -0.4 is 16.4 Å². The first-order valence-electron chi connectivity index (χ1n) is 9.05. The molecule has 2 aromatic carbocycles. The van der Waals surface area contributed by atoms with E-state index in [1.165, 1.54) is 34.9 Å². The van der Waals surface area contributed by atoms with Crippen molar-refractivity contribution >= 4 is 64.0 Å². The van der Waals surface area contributed by atoms with Crippen molar-refractivity contribution in [2.75, 3.05) is 22.1 Å². The minimum atomic E-state index is -0.432. The topological polar surface area (TPSA) is 127 Å². The summed E-state index contributed by atoms with van der Waals surface area (Å²) in [6, 6.07) is 14.3. The van der Waals surface area contributed by atoms with Crippen LogP contribution in [0.2, 0.25) is 0 Å². The van der Waals surface area contributed by atoms with Crippen molar-refractivity contribution in [3.05, 3.63) is 59.7 Å². The van der Waals surface area contributed by atoms with Crippen LogP contribution in [0.4, 0.5) is 11.4 Å². The summed E-state index contributed by atoms with van der Waals surface area (Å²) in [5.74, 6) is -0.792. The number of rotatable bonds is 9. The predicted octanol–water partition coefficient (Wildman–Crippen LogP) is 3.41. The Labute approximate surface area is 191 Å². The van der Waals surface area contributed by atoms with Gasteiger partial charge in [-0.05, 0) is 36.8 Å². The number of carbonyl (C=O) groups is 3.